The molecule has 0 aliphatic carbocycles. The smallest absolute Gasteiger partial charge is 0.370 e. The summed E-state index contributed by atoms with van der Waals surface area (Å²) in [4.78, 5) is 14.3. The summed E-state index contributed by atoms with van der Waals surface area (Å²) in [6, 6.07) is 9.82. The van der Waals surface area contributed by atoms with Gasteiger partial charge in [-0.15, -0.1) is 0 Å². The van der Waals surface area contributed by atoms with E-state index in [2.05, 4.69) is 15.9 Å². The van der Waals surface area contributed by atoms with Crippen LogP contribution in [0.1, 0.15) is 27.6 Å². The summed E-state index contributed by atoms with van der Waals surface area (Å²) in [5.41, 5.74) is 0.246. The molecule has 1 heterocycles. The van der Waals surface area contributed by atoms with Crippen LogP contribution in [0.5, 0.6) is 0 Å². The average Bonchev–Trinajstić information content (AvgIpc) is 2.62. The molecule has 0 aromatic heterocycles. The number of alkyl halides is 3. The van der Waals surface area contributed by atoms with Crippen LogP contribution >= 0.6 is 27.5 Å². The number of ether oxygens (including phenoxy) is 1. The summed E-state index contributed by atoms with van der Waals surface area (Å²) in [7, 11) is 0. The maximum Gasteiger partial charge on any atom is 0.416 e. The highest BCUT2D eigenvalue weighted by Crippen LogP contribution is 2.31. The Morgan fingerprint density at radius 2 is 1.88 bits per heavy atom. The van der Waals surface area contributed by atoms with Crippen LogP contribution in [0, 0.1) is 0 Å². The average molecular weight is 449 g/mol. The van der Waals surface area contributed by atoms with E-state index in [4.69, 9.17) is 16.3 Å². The van der Waals surface area contributed by atoms with Gasteiger partial charge in [0.05, 0.1) is 29.3 Å². The summed E-state index contributed by atoms with van der Waals surface area (Å²) in [5.74, 6) is -0.239. The molecule has 1 atom stereocenters. The van der Waals surface area contributed by atoms with Crippen molar-refractivity contribution in [2.24, 2.45) is 0 Å². The lowest BCUT2D eigenvalue weighted by molar-refractivity contribution is -0.137. The van der Waals surface area contributed by atoms with Crippen LogP contribution in [-0.4, -0.2) is 30.5 Å². The van der Waals surface area contributed by atoms with Gasteiger partial charge in [-0.25, -0.2) is 0 Å². The van der Waals surface area contributed by atoms with E-state index in [-0.39, 0.29) is 12.5 Å². The molecule has 1 saturated heterocycles. The molecule has 0 saturated carbocycles. The van der Waals surface area contributed by atoms with E-state index < -0.39 is 17.8 Å². The van der Waals surface area contributed by atoms with Gasteiger partial charge >= 0.3 is 6.18 Å². The Balaban J connectivity index is 1.77. The van der Waals surface area contributed by atoms with Crippen LogP contribution in [0.25, 0.3) is 0 Å². The zero-order valence-electron chi connectivity index (χ0n) is 13.4. The van der Waals surface area contributed by atoms with Gasteiger partial charge in [-0.1, -0.05) is 39.7 Å². The van der Waals surface area contributed by atoms with E-state index in [0.29, 0.717) is 29.3 Å². The number of halogens is 5. The molecule has 0 radical (unpaired) electrons. The van der Waals surface area contributed by atoms with Gasteiger partial charge in [0.1, 0.15) is 6.10 Å². The van der Waals surface area contributed by atoms with Gasteiger partial charge in [0, 0.05) is 11.0 Å². The predicted octanol–water partition coefficient (Wildman–Crippen LogP) is 5.34. The standard InChI is InChI=1S/C18H14BrClF3NO2/c19-13-5-6-15(20)14(9-13)17(25)24-7-8-26-16(10-24)11-1-3-12(4-2-11)18(21,22)23/h1-6,9,16H,7-8,10H2/t16-/m1/s1. The molecule has 0 spiro atoms. The minimum absolute atomic E-state index is 0.239. The highest BCUT2D eigenvalue weighted by molar-refractivity contribution is 9.10. The van der Waals surface area contributed by atoms with Crippen molar-refractivity contribution in [3.05, 3.63) is 68.7 Å². The lowest BCUT2D eigenvalue weighted by atomic mass is 10.0. The molecule has 26 heavy (non-hydrogen) atoms. The third kappa shape index (κ3) is 4.22. The molecule has 0 N–H and O–H groups in total. The van der Waals surface area contributed by atoms with Crippen LogP contribution < -0.4 is 0 Å². The third-order valence-electron chi connectivity index (χ3n) is 4.12. The maximum absolute atomic E-state index is 12.8. The summed E-state index contributed by atoms with van der Waals surface area (Å²) in [5, 5.41) is 0.343. The summed E-state index contributed by atoms with van der Waals surface area (Å²) >= 11 is 9.43. The van der Waals surface area contributed by atoms with Crippen molar-refractivity contribution < 1.29 is 22.7 Å². The second kappa shape index (κ2) is 7.58. The molecular formula is C18H14BrClF3NO2. The first-order valence-corrected chi connectivity index (χ1v) is 8.96. The third-order valence-corrected chi connectivity index (χ3v) is 4.95. The second-order valence-electron chi connectivity index (χ2n) is 5.85. The van der Waals surface area contributed by atoms with Gasteiger partial charge in [-0.3, -0.25) is 4.79 Å². The lowest BCUT2D eigenvalue weighted by Gasteiger charge is -2.33. The lowest BCUT2D eigenvalue weighted by Crippen LogP contribution is -2.42. The van der Waals surface area contributed by atoms with Gasteiger partial charge in [0.25, 0.3) is 5.91 Å². The maximum atomic E-state index is 12.8. The van der Waals surface area contributed by atoms with Crippen molar-refractivity contribution in [2.75, 3.05) is 19.7 Å². The molecule has 0 unspecified atom stereocenters. The van der Waals surface area contributed by atoms with E-state index in [1.807, 2.05) is 0 Å². The van der Waals surface area contributed by atoms with Crippen LogP contribution in [0.3, 0.4) is 0 Å². The number of nitrogens with zero attached hydrogens (tertiary/aromatic N) is 1. The molecule has 2 aromatic rings. The molecule has 2 aromatic carbocycles. The highest BCUT2D eigenvalue weighted by atomic mass is 79.9. The minimum Gasteiger partial charge on any atom is -0.370 e. The highest BCUT2D eigenvalue weighted by Gasteiger charge is 2.31. The van der Waals surface area contributed by atoms with Crippen LogP contribution in [-0.2, 0) is 10.9 Å². The monoisotopic (exact) mass is 447 g/mol. The van der Waals surface area contributed by atoms with Crippen molar-refractivity contribution in [1.29, 1.82) is 0 Å². The van der Waals surface area contributed by atoms with E-state index in [0.717, 1.165) is 16.6 Å². The largest absolute Gasteiger partial charge is 0.416 e. The fourth-order valence-electron chi connectivity index (χ4n) is 2.75. The van der Waals surface area contributed by atoms with Crippen LogP contribution in [0.4, 0.5) is 13.2 Å². The molecular weight excluding hydrogens is 435 g/mol. The second-order valence-corrected chi connectivity index (χ2v) is 7.18. The topological polar surface area (TPSA) is 29.5 Å². The molecule has 3 rings (SSSR count). The first kappa shape index (κ1) is 19.2. The SMILES string of the molecule is O=C(c1cc(Br)ccc1Cl)N1CCO[C@@H](c2ccc(C(F)(F)F)cc2)C1. The van der Waals surface area contributed by atoms with Crippen LogP contribution in [0.15, 0.2) is 46.9 Å². The summed E-state index contributed by atoms with van der Waals surface area (Å²) in [6.07, 6.45) is -4.87. The van der Waals surface area contributed by atoms with Crippen molar-refractivity contribution in [3.63, 3.8) is 0 Å². The Labute approximate surface area is 161 Å². The van der Waals surface area contributed by atoms with E-state index in [1.165, 1.54) is 12.1 Å². The number of hydrogen-bond acceptors (Lipinski definition) is 2. The van der Waals surface area contributed by atoms with Crippen molar-refractivity contribution in [2.45, 2.75) is 12.3 Å². The number of benzene rings is 2. The summed E-state index contributed by atoms with van der Waals surface area (Å²) < 4.78 is 44.4. The normalized spacial score (nSPS) is 18.0. The summed E-state index contributed by atoms with van der Waals surface area (Å²) in [6.45, 7) is 0.925. The Morgan fingerprint density at radius 1 is 1.19 bits per heavy atom. The van der Waals surface area contributed by atoms with Crippen molar-refractivity contribution in [3.8, 4) is 0 Å². The zero-order valence-corrected chi connectivity index (χ0v) is 15.7. The number of hydrogen-bond donors (Lipinski definition) is 0. The number of morpholine rings is 1. The predicted molar refractivity (Wildman–Crippen MR) is 95.2 cm³/mol. The molecule has 1 aliphatic rings. The number of carbonyl (C=O) groups excluding carboxylic acids is 1. The Morgan fingerprint density at radius 3 is 2.54 bits per heavy atom. The van der Waals surface area contributed by atoms with Gasteiger partial charge in [-0.05, 0) is 35.9 Å². The molecule has 3 nitrogen and oxygen atoms in total. The van der Waals surface area contributed by atoms with Gasteiger partial charge in [-0.2, -0.15) is 13.2 Å². The molecule has 8 heteroatoms. The first-order valence-electron chi connectivity index (χ1n) is 7.79. The minimum atomic E-state index is -4.38. The molecule has 1 aliphatic heterocycles. The Bertz CT molecular complexity index is 811. The van der Waals surface area contributed by atoms with Gasteiger partial charge < -0.3 is 9.64 Å². The van der Waals surface area contributed by atoms with Crippen LogP contribution in [0.2, 0.25) is 5.02 Å². The van der Waals surface area contributed by atoms with Crippen molar-refractivity contribution in [1.82, 2.24) is 4.90 Å². The molecule has 1 amide bonds. The number of amides is 1. The molecule has 138 valence electrons. The first-order chi connectivity index (χ1) is 12.3. The van der Waals surface area contributed by atoms with Gasteiger partial charge in [0.2, 0.25) is 0 Å². The number of carbonyl (C=O) groups is 1. The Kier molecular flexibility index (Phi) is 5.60. The van der Waals surface area contributed by atoms with E-state index >= 15 is 0 Å². The number of rotatable bonds is 2. The zero-order chi connectivity index (χ0) is 18.9. The van der Waals surface area contributed by atoms with Crippen molar-refractivity contribution >= 4 is 33.4 Å². The van der Waals surface area contributed by atoms with E-state index in [1.54, 1.807) is 23.1 Å². The quantitative estimate of drug-likeness (QED) is 0.621. The molecule has 0 bridgehead atoms. The van der Waals surface area contributed by atoms with Gasteiger partial charge in [0.15, 0.2) is 0 Å². The Hall–Kier alpha value is -1.57. The fourth-order valence-corrected chi connectivity index (χ4v) is 3.31. The van der Waals surface area contributed by atoms with E-state index in [9.17, 15) is 18.0 Å². The fraction of sp³-hybridized carbons (Fsp3) is 0.278. The molecule has 1 fully saturated rings.